The molecular weight excluding hydrogens is 248 g/mol. The van der Waals surface area contributed by atoms with Gasteiger partial charge in [0, 0.05) is 24.4 Å². The Kier molecular flexibility index (Phi) is 3.67. The molecule has 0 aliphatic rings. The van der Waals surface area contributed by atoms with Gasteiger partial charge in [-0.1, -0.05) is 12.1 Å². The predicted octanol–water partition coefficient (Wildman–Crippen LogP) is 1.97. The lowest BCUT2D eigenvalue weighted by molar-refractivity contribution is -0.384. The summed E-state index contributed by atoms with van der Waals surface area (Å²) in [5, 5.41) is 19.4. The molecule has 0 bridgehead atoms. The van der Waals surface area contributed by atoms with E-state index in [4.69, 9.17) is 0 Å². The number of nitrogens with zero attached hydrogens (tertiary/aromatic N) is 2. The summed E-state index contributed by atoms with van der Waals surface area (Å²) < 4.78 is 0. The third-order valence-corrected chi connectivity index (χ3v) is 2.27. The Morgan fingerprint density at radius 2 is 2.32 bits per heavy atom. The number of aromatic amines is 1. The number of hydrogen-bond donors (Lipinski definition) is 2. The number of hydrogen-bond acceptors (Lipinski definition) is 4. The average Bonchev–Trinajstić information content (AvgIpc) is 2.89. The highest BCUT2D eigenvalue weighted by molar-refractivity contribution is 6.01. The monoisotopic (exact) mass is 258 g/mol. The number of H-pyrrole nitrogens is 1. The van der Waals surface area contributed by atoms with Gasteiger partial charge < -0.3 is 5.32 Å². The van der Waals surface area contributed by atoms with Crippen molar-refractivity contribution in [1.29, 1.82) is 0 Å². The van der Waals surface area contributed by atoms with Crippen LogP contribution >= 0.6 is 0 Å². The van der Waals surface area contributed by atoms with E-state index in [1.54, 1.807) is 18.3 Å². The van der Waals surface area contributed by atoms with Crippen molar-refractivity contribution >= 4 is 23.4 Å². The zero-order valence-corrected chi connectivity index (χ0v) is 9.74. The van der Waals surface area contributed by atoms with Crippen molar-refractivity contribution in [2.24, 2.45) is 0 Å². The minimum absolute atomic E-state index is 0.0163. The minimum atomic E-state index is -0.483. The molecule has 1 amide bonds. The lowest BCUT2D eigenvalue weighted by Crippen LogP contribution is -2.06. The van der Waals surface area contributed by atoms with Gasteiger partial charge in [0.15, 0.2) is 0 Å². The van der Waals surface area contributed by atoms with Crippen LogP contribution in [-0.4, -0.2) is 21.0 Å². The van der Waals surface area contributed by atoms with E-state index in [1.807, 2.05) is 0 Å². The third kappa shape index (κ3) is 3.50. The van der Waals surface area contributed by atoms with Gasteiger partial charge in [0.05, 0.1) is 16.8 Å². The van der Waals surface area contributed by atoms with Gasteiger partial charge in [0.2, 0.25) is 5.91 Å². The molecule has 7 heteroatoms. The molecule has 7 nitrogen and oxygen atoms in total. The minimum Gasteiger partial charge on any atom is -0.320 e. The predicted molar refractivity (Wildman–Crippen MR) is 69.3 cm³/mol. The second kappa shape index (κ2) is 5.58. The number of anilines is 1. The highest BCUT2D eigenvalue weighted by atomic mass is 16.6. The van der Waals surface area contributed by atoms with Crippen LogP contribution in [0.3, 0.4) is 0 Å². The SMILES string of the molecule is O=C(/C=C/c1cccc([N+](=O)[O-])c1)Nc1cn[nH]c1. The highest BCUT2D eigenvalue weighted by Crippen LogP contribution is 2.14. The summed E-state index contributed by atoms with van der Waals surface area (Å²) in [7, 11) is 0. The zero-order chi connectivity index (χ0) is 13.7. The summed E-state index contributed by atoms with van der Waals surface area (Å²) in [5.41, 5.74) is 1.11. The van der Waals surface area contributed by atoms with E-state index in [9.17, 15) is 14.9 Å². The van der Waals surface area contributed by atoms with Gasteiger partial charge in [-0.05, 0) is 11.6 Å². The smallest absolute Gasteiger partial charge is 0.270 e. The summed E-state index contributed by atoms with van der Waals surface area (Å²) in [5.74, 6) is -0.340. The number of nitrogens with one attached hydrogen (secondary N) is 2. The zero-order valence-electron chi connectivity index (χ0n) is 9.74. The fourth-order valence-corrected chi connectivity index (χ4v) is 1.42. The van der Waals surface area contributed by atoms with Crippen molar-refractivity contribution in [1.82, 2.24) is 10.2 Å². The van der Waals surface area contributed by atoms with Crippen LogP contribution in [0.25, 0.3) is 6.08 Å². The molecule has 0 saturated carbocycles. The molecule has 1 heterocycles. The standard InChI is InChI=1S/C12H10N4O3/c17-12(15-10-7-13-14-8-10)5-4-9-2-1-3-11(6-9)16(18)19/h1-8H,(H,13,14)(H,15,17)/b5-4+. The van der Waals surface area contributed by atoms with E-state index in [0.717, 1.165) is 0 Å². The molecule has 0 spiro atoms. The fourth-order valence-electron chi connectivity index (χ4n) is 1.42. The molecule has 0 aliphatic carbocycles. The van der Waals surface area contributed by atoms with Gasteiger partial charge in [0.25, 0.3) is 5.69 Å². The molecule has 2 aromatic rings. The molecule has 0 atom stereocenters. The first-order valence-electron chi connectivity index (χ1n) is 5.37. The lowest BCUT2D eigenvalue weighted by atomic mass is 10.2. The van der Waals surface area contributed by atoms with Gasteiger partial charge in [-0.3, -0.25) is 20.0 Å². The molecule has 0 saturated heterocycles. The quantitative estimate of drug-likeness (QED) is 0.497. The van der Waals surface area contributed by atoms with Gasteiger partial charge in [-0.15, -0.1) is 0 Å². The van der Waals surface area contributed by atoms with Crippen molar-refractivity contribution < 1.29 is 9.72 Å². The summed E-state index contributed by atoms with van der Waals surface area (Å²) >= 11 is 0. The van der Waals surface area contributed by atoms with Crippen LogP contribution in [-0.2, 0) is 4.79 Å². The Labute approximate surface area is 108 Å². The molecule has 0 unspecified atom stereocenters. The number of nitro groups is 1. The van der Waals surface area contributed by atoms with Crippen LogP contribution in [0.2, 0.25) is 0 Å². The summed E-state index contributed by atoms with van der Waals surface area (Å²) in [4.78, 5) is 21.6. The first-order chi connectivity index (χ1) is 9.15. The molecule has 0 aliphatic heterocycles. The summed E-state index contributed by atoms with van der Waals surface area (Å²) in [6.45, 7) is 0. The van der Waals surface area contributed by atoms with Crippen molar-refractivity contribution in [2.45, 2.75) is 0 Å². The number of non-ortho nitro benzene ring substituents is 1. The van der Waals surface area contributed by atoms with E-state index in [2.05, 4.69) is 15.5 Å². The second-order valence-corrected chi connectivity index (χ2v) is 3.66. The van der Waals surface area contributed by atoms with Crippen LogP contribution in [0.5, 0.6) is 0 Å². The van der Waals surface area contributed by atoms with Gasteiger partial charge in [-0.2, -0.15) is 5.10 Å². The Bertz CT molecular complexity index is 620. The van der Waals surface area contributed by atoms with Crippen LogP contribution in [0.1, 0.15) is 5.56 Å². The number of aromatic nitrogens is 2. The molecule has 19 heavy (non-hydrogen) atoms. The van der Waals surface area contributed by atoms with Crippen molar-refractivity contribution in [3.05, 3.63) is 58.4 Å². The number of carbonyl (C=O) groups excluding carboxylic acids is 1. The first kappa shape index (κ1) is 12.5. The van der Waals surface area contributed by atoms with E-state index in [-0.39, 0.29) is 11.6 Å². The topological polar surface area (TPSA) is 101 Å². The van der Waals surface area contributed by atoms with Crippen LogP contribution < -0.4 is 5.32 Å². The molecule has 0 radical (unpaired) electrons. The number of carbonyl (C=O) groups is 1. The molecule has 1 aromatic heterocycles. The fraction of sp³-hybridized carbons (Fsp3) is 0. The molecule has 96 valence electrons. The van der Waals surface area contributed by atoms with Crippen LogP contribution in [0, 0.1) is 10.1 Å². The second-order valence-electron chi connectivity index (χ2n) is 3.66. The number of nitro benzene ring substituents is 1. The Hall–Kier alpha value is -2.96. The molecule has 2 N–H and O–H groups in total. The molecular formula is C12H10N4O3. The summed E-state index contributed by atoms with van der Waals surface area (Å²) in [6, 6.07) is 6.02. The maximum atomic E-state index is 11.5. The lowest BCUT2D eigenvalue weighted by Gasteiger charge is -1.96. The van der Waals surface area contributed by atoms with E-state index in [0.29, 0.717) is 11.3 Å². The van der Waals surface area contributed by atoms with Crippen molar-refractivity contribution in [3.8, 4) is 0 Å². The molecule has 2 rings (SSSR count). The Balaban J connectivity index is 2.04. The largest absolute Gasteiger partial charge is 0.320 e. The van der Waals surface area contributed by atoms with Crippen molar-refractivity contribution in [2.75, 3.05) is 5.32 Å². The highest BCUT2D eigenvalue weighted by Gasteiger charge is 2.04. The molecule has 1 aromatic carbocycles. The van der Waals surface area contributed by atoms with Gasteiger partial charge >= 0.3 is 0 Å². The number of amides is 1. The average molecular weight is 258 g/mol. The Morgan fingerprint density at radius 3 is 3.00 bits per heavy atom. The molecule has 0 fully saturated rings. The third-order valence-electron chi connectivity index (χ3n) is 2.27. The summed E-state index contributed by atoms with van der Waals surface area (Å²) in [6.07, 6.45) is 5.81. The number of rotatable bonds is 4. The maximum Gasteiger partial charge on any atom is 0.270 e. The van der Waals surface area contributed by atoms with E-state index in [1.165, 1.54) is 30.5 Å². The van der Waals surface area contributed by atoms with Crippen LogP contribution in [0.15, 0.2) is 42.7 Å². The van der Waals surface area contributed by atoms with Gasteiger partial charge in [0.1, 0.15) is 0 Å². The normalized spacial score (nSPS) is 10.5. The Morgan fingerprint density at radius 1 is 1.47 bits per heavy atom. The first-order valence-corrected chi connectivity index (χ1v) is 5.37. The number of benzene rings is 1. The van der Waals surface area contributed by atoms with E-state index >= 15 is 0 Å². The van der Waals surface area contributed by atoms with Gasteiger partial charge in [-0.25, -0.2) is 0 Å². The van der Waals surface area contributed by atoms with E-state index < -0.39 is 4.92 Å². The maximum absolute atomic E-state index is 11.5. The van der Waals surface area contributed by atoms with Crippen molar-refractivity contribution in [3.63, 3.8) is 0 Å². The van der Waals surface area contributed by atoms with Crippen LogP contribution in [0.4, 0.5) is 11.4 Å².